The molecule has 1 fully saturated rings. The van der Waals surface area contributed by atoms with Gasteiger partial charge in [-0.25, -0.2) is 4.79 Å². The van der Waals surface area contributed by atoms with Crippen LogP contribution in [0.2, 0.25) is 0 Å². The van der Waals surface area contributed by atoms with Crippen LogP contribution in [0.15, 0.2) is 36.4 Å². The third kappa shape index (κ3) is 3.67. The highest BCUT2D eigenvalue weighted by Gasteiger charge is 2.36. The van der Waals surface area contributed by atoms with Crippen LogP contribution in [0.1, 0.15) is 35.7 Å². The van der Waals surface area contributed by atoms with Crippen LogP contribution in [-0.4, -0.2) is 28.1 Å². The topological polar surface area (TPSA) is 83.8 Å². The maximum Gasteiger partial charge on any atom is 0.342 e. The number of esters is 1. The fourth-order valence-corrected chi connectivity index (χ4v) is 3.15. The fourth-order valence-electron chi connectivity index (χ4n) is 3.15. The first-order valence-electron chi connectivity index (χ1n) is 8.07. The van der Waals surface area contributed by atoms with Crippen LogP contribution in [0.4, 0.5) is 0 Å². The smallest absolute Gasteiger partial charge is 0.342 e. The Morgan fingerprint density at radius 1 is 1.12 bits per heavy atom. The molecule has 0 radical (unpaired) electrons. The number of allylic oxidation sites excluding steroid dienone is 4. The van der Waals surface area contributed by atoms with Gasteiger partial charge in [-0.05, 0) is 49.3 Å². The number of fused-ring (bicyclic) bond motifs is 2. The number of carbonyl (C=O) groups is 2. The van der Waals surface area contributed by atoms with Gasteiger partial charge in [-0.1, -0.05) is 18.2 Å². The van der Waals surface area contributed by atoms with Crippen LogP contribution >= 0.6 is 0 Å². The average molecular weight is 328 g/mol. The summed E-state index contributed by atoms with van der Waals surface area (Å²) in [6.07, 6.45) is 8.49. The zero-order valence-corrected chi connectivity index (χ0v) is 13.4. The van der Waals surface area contributed by atoms with E-state index in [4.69, 9.17) is 4.74 Å². The summed E-state index contributed by atoms with van der Waals surface area (Å²) in [5, 5.41) is 19.7. The van der Waals surface area contributed by atoms with E-state index in [0.29, 0.717) is 11.8 Å². The second-order valence-electron chi connectivity index (χ2n) is 6.50. The predicted molar refractivity (Wildman–Crippen MR) is 87.9 cm³/mol. The summed E-state index contributed by atoms with van der Waals surface area (Å²) in [5.41, 5.74) is 0.200. The van der Waals surface area contributed by atoms with E-state index in [9.17, 15) is 19.8 Å². The Bertz CT molecular complexity index is 732. The lowest BCUT2D eigenvalue weighted by Crippen LogP contribution is -2.18. The van der Waals surface area contributed by atoms with Gasteiger partial charge in [0.25, 0.3) is 0 Å². The Labute approximate surface area is 140 Å². The molecule has 0 bridgehead atoms. The summed E-state index contributed by atoms with van der Waals surface area (Å²) in [6, 6.07) is 2.39. The normalized spacial score (nSPS) is 29.6. The maximum absolute atomic E-state index is 12.4. The minimum absolute atomic E-state index is 0.0543. The Morgan fingerprint density at radius 3 is 2.71 bits per heavy atom. The number of phenolic OH excluding ortho intramolecular Hbond substituents is 2. The molecule has 1 saturated carbocycles. The molecule has 0 aromatic heterocycles. The quantitative estimate of drug-likeness (QED) is 0.715. The molecule has 1 aliphatic heterocycles. The van der Waals surface area contributed by atoms with Crippen molar-refractivity contribution in [3.05, 3.63) is 47.6 Å². The first-order chi connectivity index (χ1) is 11.4. The number of hydrogen-bond donors (Lipinski definition) is 2. The lowest BCUT2D eigenvalue weighted by atomic mass is 10.00. The van der Waals surface area contributed by atoms with Crippen molar-refractivity contribution in [3.63, 3.8) is 0 Å². The number of ether oxygens (including phenoxy) is 1. The average Bonchev–Trinajstić information content (AvgIpc) is 3.19. The summed E-state index contributed by atoms with van der Waals surface area (Å²) < 4.78 is 5.44. The van der Waals surface area contributed by atoms with Gasteiger partial charge in [-0.3, -0.25) is 4.79 Å². The SMILES string of the molecule is CC1CC2CC2/C=C\C=C\C(=O)Cc2cc(O)cc(O)c2C(=O)O1. The molecule has 24 heavy (non-hydrogen) atoms. The Hall–Kier alpha value is -2.56. The van der Waals surface area contributed by atoms with Crippen molar-refractivity contribution < 1.29 is 24.5 Å². The molecule has 2 aliphatic rings. The second kappa shape index (κ2) is 6.51. The van der Waals surface area contributed by atoms with Crippen molar-refractivity contribution in [1.29, 1.82) is 0 Å². The number of rotatable bonds is 0. The molecular weight excluding hydrogens is 308 g/mol. The van der Waals surface area contributed by atoms with Gasteiger partial charge in [-0.2, -0.15) is 0 Å². The van der Waals surface area contributed by atoms with E-state index >= 15 is 0 Å². The van der Waals surface area contributed by atoms with Crippen LogP contribution in [0.3, 0.4) is 0 Å². The Balaban J connectivity index is 1.96. The molecule has 3 unspecified atom stereocenters. The van der Waals surface area contributed by atoms with Crippen molar-refractivity contribution in [2.24, 2.45) is 11.8 Å². The van der Waals surface area contributed by atoms with E-state index in [1.54, 1.807) is 6.08 Å². The number of phenols is 2. The van der Waals surface area contributed by atoms with E-state index in [1.165, 1.54) is 12.1 Å². The van der Waals surface area contributed by atoms with Crippen molar-refractivity contribution in [2.45, 2.75) is 32.3 Å². The van der Waals surface area contributed by atoms with E-state index in [0.717, 1.165) is 18.9 Å². The van der Waals surface area contributed by atoms with Crippen molar-refractivity contribution in [3.8, 4) is 11.5 Å². The first kappa shape index (κ1) is 16.3. The van der Waals surface area contributed by atoms with Gasteiger partial charge in [-0.15, -0.1) is 0 Å². The molecule has 3 rings (SSSR count). The molecule has 2 N–H and O–H groups in total. The molecule has 0 saturated heterocycles. The van der Waals surface area contributed by atoms with Gasteiger partial charge in [0.2, 0.25) is 0 Å². The van der Waals surface area contributed by atoms with Gasteiger partial charge in [0.05, 0.1) is 6.10 Å². The molecule has 1 heterocycles. The van der Waals surface area contributed by atoms with Crippen LogP contribution in [0.25, 0.3) is 0 Å². The largest absolute Gasteiger partial charge is 0.508 e. The zero-order chi connectivity index (χ0) is 17.3. The molecule has 5 heteroatoms. The van der Waals surface area contributed by atoms with Crippen molar-refractivity contribution >= 4 is 11.8 Å². The number of cyclic esters (lactones) is 1. The standard InChI is InChI=1S/C19H20O5/c1-11-6-13-7-12(13)4-2-3-5-15(20)8-14-9-16(21)10-17(22)18(14)19(23)24-11/h2-5,9-13,21-22H,6-8H2,1H3/b4-2-,5-3+. The van der Waals surface area contributed by atoms with E-state index < -0.39 is 5.97 Å². The summed E-state index contributed by atoms with van der Waals surface area (Å²) in [4.78, 5) is 24.5. The number of ketones is 1. The number of benzene rings is 1. The van der Waals surface area contributed by atoms with Crippen LogP contribution in [0.5, 0.6) is 11.5 Å². The molecule has 1 aromatic rings. The first-order valence-corrected chi connectivity index (χ1v) is 8.07. The van der Waals surface area contributed by atoms with Crippen LogP contribution in [0, 0.1) is 11.8 Å². The second-order valence-corrected chi connectivity index (χ2v) is 6.50. The summed E-state index contributed by atoms with van der Waals surface area (Å²) in [7, 11) is 0. The monoisotopic (exact) mass is 328 g/mol. The molecule has 126 valence electrons. The third-order valence-electron chi connectivity index (χ3n) is 4.42. The molecule has 3 atom stereocenters. The number of aromatic hydroxyl groups is 2. The molecule has 0 amide bonds. The number of carbonyl (C=O) groups excluding carboxylic acids is 2. The van der Waals surface area contributed by atoms with Gasteiger partial charge in [0.15, 0.2) is 5.78 Å². The summed E-state index contributed by atoms with van der Waals surface area (Å²) in [6.45, 7) is 1.82. The Morgan fingerprint density at radius 2 is 1.92 bits per heavy atom. The molecule has 5 nitrogen and oxygen atoms in total. The highest BCUT2D eigenvalue weighted by atomic mass is 16.5. The third-order valence-corrected chi connectivity index (χ3v) is 4.42. The molecular formula is C19H20O5. The summed E-state index contributed by atoms with van der Waals surface area (Å²) in [5.74, 6) is -0.538. The highest BCUT2D eigenvalue weighted by Crippen LogP contribution is 2.43. The zero-order valence-electron chi connectivity index (χ0n) is 13.4. The van der Waals surface area contributed by atoms with Crippen molar-refractivity contribution in [2.75, 3.05) is 0 Å². The summed E-state index contributed by atoms with van der Waals surface area (Å²) >= 11 is 0. The lowest BCUT2D eigenvalue weighted by molar-refractivity contribution is -0.114. The predicted octanol–water partition coefficient (Wildman–Crippen LogP) is 2.91. The molecule has 1 aromatic carbocycles. The minimum Gasteiger partial charge on any atom is -0.508 e. The van der Waals surface area contributed by atoms with Gasteiger partial charge < -0.3 is 14.9 Å². The van der Waals surface area contributed by atoms with E-state index in [2.05, 4.69) is 6.08 Å². The van der Waals surface area contributed by atoms with Crippen molar-refractivity contribution in [1.82, 2.24) is 0 Å². The van der Waals surface area contributed by atoms with E-state index in [1.807, 2.05) is 13.0 Å². The minimum atomic E-state index is -0.670. The van der Waals surface area contributed by atoms with Gasteiger partial charge in [0, 0.05) is 12.5 Å². The molecule has 1 aliphatic carbocycles. The van der Waals surface area contributed by atoms with Crippen LogP contribution < -0.4 is 0 Å². The number of hydrogen-bond acceptors (Lipinski definition) is 5. The fraction of sp³-hybridized carbons (Fsp3) is 0.368. The Kier molecular flexibility index (Phi) is 4.42. The lowest BCUT2D eigenvalue weighted by Gasteiger charge is -2.16. The van der Waals surface area contributed by atoms with Crippen LogP contribution in [-0.2, 0) is 16.0 Å². The van der Waals surface area contributed by atoms with Gasteiger partial charge >= 0.3 is 5.97 Å². The molecule has 0 spiro atoms. The van der Waals surface area contributed by atoms with Gasteiger partial charge in [0.1, 0.15) is 17.1 Å². The highest BCUT2D eigenvalue weighted by molar-refractivity contribution is 5.98. The maximum atomic E-state index is 12.4. The van der Waals surface area contributed by atoms with E-state index in [-0.39, 0.29) is 40.9 Å².